The van der Waals surface area contributed by atoms with Crippen molar-refractivity contribution in [3.05, 3.63) is 35.9 Å². The molecule has 24 heavy (non-hydrogen) atoms. The van der Waals surface area contributed by atoms with Gasteiger partial charge >= 0.3 is 0 Å². The molecule has 2 atom stereocenters. The lowest BCUT2D eigenvalue weighted by Crippen LogP contribution is -2.43. The topological polar surface area (TPSA) is 50.8 Å². The van der Waals surface area contributed by atoms with Crippen molar-refractivity contribution >= 4 is 5.96 Å². The third kappa shape index (κ3) is 4.73. The van der Waals surface area contributed by atoms with E-state index in [0.29, 0.717) is 11.8 Å². The molecule has 2 N–H and O–H groups in total. The van der Waals surface area contributed by atoms with Crippen LogP contribution in [0.15, 0.2) is 35.3 Å². The Morgan fingerprint density at radius 2 is 2.00 bits per heavy atom. The van der Waals surface area contributed by atoms with Gasteiger partial charge in [-0.25, -0.2) is 4.99 Å². The van der Waals surface area contributed by atoms with Gasteiger partial charge in [-0.3, -0.25) is 0 Å². The van der Waals surface area contributed by atoms with Gasteiger partial charge in [-0.1, -0.05) is 37.3 Å². The molecule has 2 fully saturated rings. The van der Waals surface area contributed by atoms with Gasteiger partial charge in [0, 0.05) is 26.3 Å². The molecule has 0 amide bonds. The van der Waals surface area contributed by atoms with Crippen LogP contribution in [0.3, 0.4) is 0 Å². The summed E-state index contributed by atoms with van der Waals surface area (Å²) in [5.74, 6) is 2.11. The van der Waals surface area contributed by atoms with E-state index in [2.05, 4.69) is 42.2 Å². The van der Waals surface area contributed by atoms with Gasteiger partial charge in [0.1, 0.15) is 0 Å². The van der Waals surface area contributed by atoms with E-state index < -0.39 is 0 Å². The van der Waals surface area contributed by atoms with E-state index in [0.717, 1.165) is 51.5 Å². The SMILES string of the molecule is CC1CCCN(C(N)=NC(CC2CCOCC2)c2ccccc2)C1. The Bertz CT molecular complexity index is 525. The largest absolute Gasteiger partial charge is 0.381 e. The fourth-order valence-corrected chi connectivity index (χ4v) is 3.88. The first-order chi connectivity index (χ1) is 11.7. The van der Waals surface area contributed by atoms with Gasteiger partial charge in [0.2, 0.25) is 0 Å². The molecular formula is C20H31N3O. The van der Waals surface area contributed by atoms with Crippen molar-refractivity contribution in [2.75, 3.05) is 26.3 Å². The minimum absolute atomic E-state index is 0.159. The van der Waals surface area contributed by atoms with E-state index in [1.807, 2.05) is 0 Å². The normalized spacial score (nSPS) is 24.8. The zero-order chi connectivity index (χ0) is 16.8. The quantitative estimate of drug-likeness (QED) is 0.678. The van der Waals surface area contributed by atoms with E-state index >= 15 is 0 Å². The second-order valence-electron chi connectivity index (χ2n) is 7.40. The second kappa shape index (κ2) is 8.52. The number of hydrogen-bond acceptors (Lipinski definition) is 2. The number of likely N-dealkylation sites (tertiary alicyclic amines) is 1. The third-order valence-corrected chi connectivity index (χ3v) is 5.35. The molecule has 4 nitrogen and oxygen atoms in total. The molecule has 2 aliphatic rings. The summed E-state index contributed by atoms with van der Waals surface area (Å²) in [5, 5.41) is 0. The van der Waals surface area contributed by atoms with Crippen LogP contribution in [-0.2, 0) is 4.74 Å². The lowest BCUT2D eigenvalue weighted by atomic mass is 9.90. The lowest BCUT2D eigenvalue weighted by molar-refractivity contribution is 0.0618. The number of piperidine rings is 1. The molecule has 0 bridgehead atoms. The molecule has 0 aromatic heterocycles. The van der Waals surface area contributed by atoms with Gasteiger partial charge in [-0.15, -0.1) is 0 Å². The predicted octanol–water partition coefficient (Wildman–Crippen LogP) is 3.59. The summed E-state index contributed by atoms with van der Waals surface area (Å²) in [4.78, 5) is 7.25. The third-order valence-electron chi connectivity index (χ3n) is 5.35. The van der Waals surface area contributed by atoms with E-state index in [9.17, 15) is 0 Å². The van der Waals surface area contributed by atoms with E-state index in [4.69, 9.17) is 15.5 Å². The highest BCUT2D eigenvalue weighted by molar-refractivity contribution is 5.78. The van der Waals surface area contributed by atoms with E-state index in [1.54, 1.807) is 0 Å². The standard InChI is InChI=1S/C20H31N3O/c1-16-6-5-11-23(15-16)20(21)22-19(18-7-3-2-4-8-18)14-17-9-12-24-13-10-17/h2-4,7-8,16-17,19H,5-6,9-15H2,1H3,(H2,21,22). The lowest BCUT2D eigenvalue weighted by Gasteiger charge is -2.33. The first kappa shape index (κ1) is 17.3. The van der Waals surface area contributed by atoms with Crippen LogP contribution in [0.2, 0.25) is 0 Å². The number of hydrogen-bond donors (Lipinski definition) is 1. The van der Waals surface area contributed by atoms with Gasteiger partial charge in [0.15, 0.2) is 5.96 Å². The molecule has 0 radical (unpaired) electrons. The molecule has 2 unspecified atom stereocenters. The number of benzene rings is 1. The highest BCUT2D eigenvalue weighted by Crippen LogP contribution is 2.30. The minimum Gasteiger partial charge on any atom is -0.381 e. The Hall–Kier alpha value is -1.55. The van der Waals surface area contributed by atoms with Crippen LogP contribution in [0.4, 0.5) is 0 Å². The number of nitrogens with zero attached hydrogens (tertiary/aromatic N) is 2. The van der Waals surface area contributed by atoms with Crippen LogP contribution >= 0.6 is 0 Å². The van der Waals surface area contributed by atoms with Crippen LogP contribution < -0.4 is 5.73 Å². The molecular weight excluding hydrogens is 298 g/mol. The number of rotatable bonds is 4. The van der Waals surface area contributed by atoms with Crippen molar-refractivity contribution in [3.8, 4) is 0 Å². The van der Waals surface area contributed by atoms with Crippen LogP contribution in [0.1, 0.15) is 50.6 Å². The maximum atomic E-state index is 6.41. The first-order valence-electron chi connectivity index (χ1n) is 9.43. The minimum atomic E-state index is 0.159. The van der Waals surface area contributed by atoms with E-state index in [1.165, 1.54) is 18.4 Å². The van der Waals surface area contributed by atoms with Gasteiger partial charge in [0.05, 0.1) is 6.04 Å². The summed E-state index contributed by atoms with van der Waals surface area (Å²) in [6.45, 7) is 6.15. The van der Waals surface area contributed by atoms with Crippen molar-refractivity contribution in [3.63, 3.8) is 0 Å². The summed E-state index contributed by atoms with van der Waals surface area (Å²) in [6.07, 6.45) is 5.86. The average molecular weight is 329 g/mol. The molecule has 2 heterocycles. The van der Waals surface area contributed by atoms with Crippen molar-refractivity contribution < 1.29 is 4.74 Å². The summed E-state index contributed by atoms with van der Waals surface area (Å²) in [5.41, 5.74) is 7.68. The van der Waals surface area contributed by atoms with Gasteiger partial charge in [-0.2, -0.15) is 0 Å². The highest BCUT2D eigenvalue weighted by atomic mass is 16.5. The Kier molecular flexibility index (Phi) is 6.13. The molecule has 132 valence electrons. The van der Waals surface area contributed by atoms with E-state index in [-0.39, 0.29) is 6.04 Å². The Morgan fingerprint density at radius 1 is 1.25 bits per heavy atom. The summed E-state index contributed by atoms with van der Waals surface area (Å²) in [7, 11) is 0. The fraction of sp³-hybridized carbons (Fsp3) is 0.650. The van der Waals surface area contributed by atoms with Gasteiger partial charge < -0.3 is 15.4 Å². The fourth-order valence-electron chi connectivity index (χ4n) is 3.88. The van der Waals surface area contributed by atoms with Crippen LogP contribution in [0.25, 0.3) is 0 Å². The molecule has 4 heteroatoms. The van der Waals surface area contributed by atoms with Crippen molar-refractivity contribution in [2.24, 2.45) is 22.6 Å². The van der Waals surface area contributed by atoms with Crippen molar-refractivity contribution in [1.29, 1.82) is 0 Å². The molecule has 0 saturated carbocycles. The molecule has 3 rings (SSSR count). The molecule has 1 aromatic carbocycles. The van der Waals surface area contributed by atoms with Crippen LogP contribution in [0, 0.1) is 11.8 Å². The maximum absolute atomic E-state index is 6.41. The monoisotopic (exact) mass is 329 g/mol. The van der Waals surface area contributed by atoms with Crippen LogP contribution in [0.5, 0.6) is 0 Å². The predicted molar refractivity (Wildman–Crippen MR) is 98.9 cm³/mol. The number of guanidine groups is 1. The second-order valence-corrected chi connectivity index (χ2v) is 7.40. The van der Waals surface area contributed by atoms with Gasteiger partial charge in [0.25, 0.3) is 0 Å². The summed E-state index contributed by atoms with van der Waals surface area (Å²) >= 11 is 0. The smallest absolute Gasteiger partial charge is 0.191 e. The molecule has 2 aliphatic heterocycles. The molecule has 1 aromatic rings. The number of nitrogens with two attached hydrogens (primary N) is 1. The summed E-state index contributed by atoms with van der Waals surface area (Å²) < 4.78 is 5.51. The highest BCUT2D eigenvalue weighted by Gasteiger charge is 2.23. The van der Waals surface area contributed by atoms with Crippen molar-refractivity contribution in [1.82, 2.24) is 4.90 Å². The molecule has 0 spiro atoms. The Balaban J connectivity index is 1.74. The van der Waals surface area contributed by atoms with Gasteiger partial charge in [-0.05, 0) is 49.5 Å². The maximum Gasteiger partial charge on any atom is 0.191 e. The molecule has 0 aliphatic carbocycles. The average Bonchev–Trinajstić information content (AvgIpc) is 2.63. The van der Waals surface area contributed by atoms with Crippen LogP contribution in [-0.4, -0.2) is 37.2 Å². The Labute approximate surface area is 146 Å². The number of aliphatic imine (C=N–C) groups is 1. The Morgan fingerprint density at radius 3 is 2.71 bits per heavy atom. The number of ether oxygens (including phenoxy) is 1. The zero-order valence-electron chi connectivity index (χ0n) is 14.9. The van der Waals surface area contributed by atoms with Crippen molar-refractivity contribution in [2.45, 2.75) is 45.1 Å². The zero-order valence-corrected chi connectivity index (χ0v) is 14.9. The summed E-state index contributed by atoms with van der Waals surface area (Å²) in [6, 6.07) is 10.8. The first-order valence-corrected chi connectivity index (χ1v) is 9.43. The molecule has 2 saturated heterocycles.